The minimum Gasteiger partial charge on any atom is -0.351 e. The Morgan fingerprint density at radius 1 is 1.44 bits per heavy atom. The number of hydrogen-bond donors (Lipinski definition) is 1. The Hall–Kier alpha value is -0.670. The summed E-state index contributed by atoms with van der Waals surface area (Å²) in [7, 11) is 0. The second kappa shape index (κ2) is 7.05. The third-order valence-electron chi connectivity index (χ3n) is 3.11. The molecule has 1 saturated heterocycles. The summed E-state index contributed by atoms with van der Waals surface area (Å²) in [5.41, 5.74) is 1.69. The Morgan fingerprint density at radius 2 is 2.33 bits per heavy atom. The van der Waals surface area contributed by atoms with Crippen molar-refractivity contribution >= 4 is 29.3 Å². The minimum atomic E-state index is 0.00754. The van der Waals surface area contributed by atoms with Gasteiger partial charge in [0.2, 0.25) is 0 Å². The average Bonchev–Trinajstić information content (AvgIpc) is 2.46. The molecule has 4 heteroatoms. The van der Waals surface area contributed by atoms with Crippen LogP contribution < -0.4 is 5.32 Å². The molecule has 0 bridgehead atoms. The van der Waals surface area contributed by atoms with Crippen LogP contribution in [0.2, 0.25) is 0 Å². The number of rotatable bonds is 4. The van der Waals surface area contributed by atoms with E-state index >= 15 is 0 Å². The molecule has 1 aliphatic heterocycles. The first-order valence-electron chi connectivity index (χ1n) is 6.34. The van der Waals surface area contributed by atoms with Crippen molar-refractivity contribution in [3.63, 3.8) is 0 Å². The van der Waals surface area contributed by atoms with Crippen LogP contribution in [-0.4, -0.2) is 23.5 Å². The Bertz CT molecular complexity index is 405. The number of thioether (sulfide) groups is 1. The number of nitrogens with one attached hydrogen (secondary N) is 1. The van der Waals surface area contributed by atoms with Crippen LogP contribution in [0.1, 0.15) is 35.2 Å². The molecule has 1 heterocycles. The van der Waals surface area contributed by atoms with Crippen LogP contribution in [0.3, 0.4) is 0 Å². The fourth-order valence-corrected chi connectivity index (χ4v) is 3.48. The SMILES string of the molecule is O=C(NCC1CCCCS1)c1cccc(CCl)c1. The summed E-state index contributed by atoms with van der Waals surface area (Å²) in [4.78, 5) is 12.0. The summed E-state index contributed by atoms with van der Waals surface area (Å²) in [5, 5.41) is 3.60. The van der Waals surface area contributed by atoms with Gasteiger partial charge in [-0.2, -0.15) is 11.8 Å². The zero-order valence-corrected chi connectivity index (χ0v) is 11.9. The predicted octanol–water partition coefficient (Wildman–Crippen LogP) is 3.44. The topological polar surface area (TPSA) is 29.1 Å². The lowest BCUT2D eigenvalue weighted by atomic mass is 10.1. The molecular formula is C14H18ClNOS. The van der Waals surface area contributed by atoms with Gasteiger partial charge in [0, 0.05) is 23.2 Å². The molecular weight excluding hydrogens is 266 g/mol. The molecule has 2 rings (SSSR count). The van der Waals surface area contributed by atoms with Gasteiger partial charge in [-0.1, -0.05) is 18.6 Å². The second-order valence-electron chi connectivity index (χ2n) is 4.53. The first kappa shape index (κ1) is 13.8. The van der Waals surface area contributed by atoms with E-state index in [1.165, 1.54) is 25.0 Å². The maximum absolute atomic E-state index is 12.0. The van der Waals surface area contributed by atoms with Crippen LogP contribution in [0.4, 0.5) is 0 Å². The lowest BCUT2D eigenvalue weighted by Gasteiger charge is -2.21. The van der Waals surface area contributed by atoms with E-state index in [1.54, 1.807) is 0 Å². The third kappa shape index (κ3) is 3.92. The number of carbonyl (C=O) groups is 1. The van der Waals surface area contributed by atoms with Gasteiger partial charge in [-0.05, 0) is 36.3 Å². The molecule has 1 unspecified atom stereocenters. The summed E-state index contributed by atoms with van der Waals surface area (Å²) in [5.74, 6) is 1.68. The van der Waals surface area contributed by atoms with E-state index in [0.29, 0.717) is 16.7 Å². The minimum absolute atomic E-state index is 0.00754. The molecule has 1 atom stereocenters. The van der Waals surface area contributed by atoms with Gasteiger partial charge in [-0.25, -0.2) is 0 Å². The highest BCUT2D eigenvalue weighted by Crippen LogP contribution is 2.24. The maximum atomic E-state index is 12.0. The lowest BCUT2D eigenvalue weighted by molar-refractivity contribution is 0.0953. The lowest BCUT2D eigenvalue weighted by Crippen LogP contribution is -2.31. The molecule has 0 radical (unpaired) electrons. The van der Waals surface area contributed by atoms with Crippen molar-refractivity contribution in [2.45, 2.75) is 30.4 Å². The fraction of sp³-hybridized carbons (Fsp3) is 0.500. The van der Waals surface area contributed by atoms with E-state index in [1.807, 2.05) is 36.0 Å². The van der Waals surface area contributed by atoms with E-state index in [4.69, 9.17) is 11.6 Å². The number of benzene rings is 1. The fourth-order valence-electron chi connectivity index (χ4n) is 2.07. The Labute approximate surface area is 117 Å². The zero-order chi connectivity index (χ0) is 12.8. The van der Waals surface area contributed by atoms with E-state index in [9.17, 15) is 4.79 Å². The van der Waals surface area contributed by atoms with Crippen molar-refractivity contribution in [2.24, 2.45) is 0 Å². The second-order valence-corrected chi connectivity index (χ2v) is 6.21. The van der Waals surface area contributed by atoms with Crippen molar-refractivity contribution in [3.05, 3.63) is 35.4 Å². The molecule has 0 spiro atoms. The van der Waals surface area contributed by atoms with Gasteiger partial charge in [0.25, 0.3) is 5.91 Å². The van der Waals surface area contributed by atoms with E-state index in [2.05, 4.69) is 5.32 Å². The van der Waals surface area contributed by atoms with E-state index < -0.39 is 0 Å². The molecule has 18 heavy (non-hydrogen) atoms. The molecule has 1 N–H and O–H groups in total. The van der Waals surface area contributed by atoms with Crippen LogP contribution >= 0.6 is 23.4 Å². The van der Waals surface area contributed by atoms with Crippen LogP contribution in [0.25, 0.3) is 0 Å². The van der Waals surface area contributed by atoms with Gasteiger partial charge in [-0.3, -0.25) is 4.79 Å². The van der Waals surface area contributed by atoms with Gasteiger partial charge in [0.05, 0.1) is 0 Å². The summed E-state index contributed by atoms with van der Waals surface area (Å²) in [6.07, 6.45) is 3.81. The molecule has 0 saturated carbocycles. The van der Waals surface area contributed by atoms with Crippen LogP contribution in [0.15, 0.2) is 24.3 Å². The number of halogens is 1. The molecule has 98 valence electrons. The quantitative estimate of drug-likeness (QED) is 0.858. The first-order valence-corrected chi connectivity index (χ1v) is 7.92. The molecule has 1 aromatic carbocycles. The highest BCUT2D eigenvalue weighted by molar-refractivity contribution is 7.99. The maximum Gasteiger partial charge on any atom is 0.251 e. The largest absolute Gasteiger partial charge is 0.351 e. The summed E-state index contributed by atoms with van der Waals surface area (Å²) in [6, 6.07) is 7.50. The van der Waals surface area contributed by atoms with Gasteiger partial charge >= 0.3 is 0 Å². The first-order chi connectivity index (χ1) is 8.79. The van der Waals surface area contributed by atoms with Gasteiger partial charge in [0.1, 0.15) is 0 Å². The van der Waals surface area contributed by atoms with Gasteiger partial charge in [-0.15, -0.1) is 11.6 Å². The van der Waals surface area contributed by atoms with Crippen LogP contribution in [-0.2, 0) is 5.88 Å². The Morgan fingerprint density at radius 3 is 3.06 bits per heavy atom. The number of alkyl halides is 1. The van der Waals surface area contributed by atoms with Crippen molar-refractivity contribution in [2.75, 3.05) is 12.3 Å². The summed E-state index contributed by atoms with van der Waals surface area (Å²) < 4.78 is 0. The van der Waals surface area contributed by atoms with E-state index in [0.717, 1.165) is 12.1 Å². The zero-order valence-electron chi connectivity index (χ0n) is 10.3. The standard InChI is InChI=1S/C14H18ClNOS/c15-9-11-4-3-5-12(8-11)14(17)16-10-13-6-1-2-7-18-13/h3-5,8,13H,1-2,6-7,9-10H2,(H,16,17). The molecule has 1 aromatic rings. The highest BCUT2D eigenvalue weighted by atomic mass is 35.5. The van der Waals surface area contributed by atoms with Crippen molar-refractivity contribution < 1.29 is 4.79 Å². The molecule has 0 aliphatic carbocycles. The van der Waals surface area contributed by atoms with Gasteiger partial charge < -0.3 is 5.32 Å². The normalized spacial score (nSPS) is 19.5. The Kier molecular flexibility index (Phi) is 5.39. The van der Waals surface area contributed by atoms with Crippen LogP contribution in [0.5, 0.6) is 0 Å². The number of hydrogen-bond acceptors (Lipinski definition) is 2. The van der Waals surface area contributed by atoms with Crippen molar-refractivity contribution in [1.82, 2.24) is 5.32 Å². The monoisotopic (exact) mass is 283 g/mol. The molecule has 1 amide bonds. The number of amides is 1. The molecule has 2 nitrogen and oxygen atoms in total. The van der Waals surface area contributed by atoms with Crippen molar-refractivity contribution in [1.29, 1.82) is 0 Å². The molecule has 1 aliphatic rings. The van der Waals surface area contributed by atoms with Crippen LogP contribution in [0, 0.1) is 0 Å². The Balaban J connectivity index is 1.86. The summed E-state index contributed by atoms with van der Waals surface area (Å²) in [6.45, 7) is 0.772. The van der Waals surface area contributed by atoms with E-state index in [-0.39, 0.29) is 5.91 Å². The highest BCUT2D eigenvalue weighted by Gasteiger charge is 2.15. The summed E-state index contributed by atoms with van der Waals surface area (Å²) >= 11 is 7.74. The van der Waals surface area contributed by atoms with Crippen molar-refractivity contribution in [3.8, 4) is 0 Å². The third-order valence-corrected chi connectivity index (χ3v) is 4.81. The predicted molar refractivity (Wildman–Crippen MR) is 78.4 cm³/mol. The number of carbonyl (C=O) groups excluding carboxylic acids is 1. The van der Waals surface area contributed by atoms with Gasteiger partial charge in [0.15, 0.2) is 0 Å². The molecule has 0 aromatic heterocycles. The molecule has 1 fully saturated rings. The smallest absolute Gasteiger partial charge is 0.251 e. The average molecular weight is 284 g/mol.